The van der Waals surface area contributed by atoms with Crippen LogP contribution in [-0.4, -0.2) is 21.1 Å². The van der Waals surface area contributed by atoms with Crippen LogP contribution in [0.4, 0.5) is 5.13 Å². The molecule has 0 bridgehead atoms. The van der Waals surface area contributed by atoms with Crippen LogP contribution in [0, 0.1) is 0 Å². The number of carbonyl (C=O) groups is 1. The fourth-order valence-electron chi connectivity index (χ4n) is 1.58. The molecule has 3 N–H and O–H groups in total. The number of amides is 1. The van der Waals surface area contributed by atoms with Crippen molar-refractivity contribution in [1.29, 1.82) is 0 Å². The van der Waals surface area contributed by atoms with Crippen LogP contribution in [0.25, 0.3) is 0 Å². The van der Waals surface area contributed by atoms with Crippen molar-refractivity contribution in [2.75, 3.05) is 5.32 Å². The Morgan fingerprint density at radius 3 is 2.60 bits per heavy atom. The molecular formula is C13H14N4OS2. The van der Waals surface area contributed by atoms with Gasteiger partial charge < -0.3 is 11.1 Å². The summed E-state index contributed by atoms with van der Waals surface area (Å²) in [6, 6.07) is 7.30. The summed E-state index contributed by atoms with van der Waals surface area (Å²) in [5.41, 5.74) is 7.20. The molecule has 7 heteroatoms. The van der Waals surface area contributed by atoms with Crippen LogP contribution in [0.2, 0.25) is 0 Å². The van der Waals surface area contributed by atoms with E-state index in [1.807, 2.05) is 31.2 Å². The second kappa shape index (κ2) is 6.53. The van der Waals surface area contributed by atoms with E-state index in [1.165, 1.54) is 11.3 Å². The topological polar surface area (TPSA) is 80.9 Å². The lowest BCUT2D eigenvalue weighted by atomic mass is 10.1. The number of thiocarbonyl (C=S) groups is 1. The van der Waals surface area contributed by atoms with E-state index >= 15 is 0 Å². The van der Waals surface area contributed by atoms with E-state index < -0.39 is 0 Å². The minimum Gasteiger partial charge on any atom is -0.389 e. The third kappa shape index (κ3) is 3.82. The van der Waals surface area contributed by atoms with Crippen molar-refractivity contribution in [3.05, 3.63) is 40.4 Å². The molecule has 0 fully saturated rings. The standard InChI is InChI=1S/C13H14N4OS2/c1-2-11-16-17-13(20-11)15-10(18)7-8-3-5-9(6-4-8)12(14)19/h3-6H,2,7H2,1H3,(H2,14,19)(H,15,17,18). The summed E-state index contributed by atoms with van der Waals surface area (Å²) < 4.78 is 0. The van der Waals surface area contributed by atoms with Crippen LogP contribution in [0.5, 0.6) is 0 Å². The number of nitrogens with zero attached hydrogens (tertiary/aromatic N) is 2. The molecule has 20 heavy (non-hydrogen) atoms. The Balaban J connectivity index is 1.95. The second-order valence-electron chi connectivity index (χ2n) is 4.14. The fraction of sp³-hybridized carbons (Fsp3) is 0.231. The van der Waals surface area contributed by atoms with Crippen LogP contribution in [-0.2, 0) is 17.6 Å². The monoisotopic (exact) mass is 306 g/mol. The molecule has 5 nitrogen and oxygen atoms in total. The number of carbonyl (C=O) groups excluding carboxylic acids is 1. The highest BCUT2D eigenvalue weighted by molar-refractivity contribution is 7.80. The molecule has 0 spiro atoms. The van der Waals surface area contributed by atoms with Gasteiger partial charge in [-0.25, -0.2) is 0 Å². The summed E-state index contributed by atoms with van der Waals surface area (Å²) >= 11 is 6.27. The van der Waals surface area contributed by atoms with Crippen molar-refractivity contribution in [2.24, 2.45) is 5.73 Å². The summed E-state index contributed by atoms with van der Waals surface area (Å²) in [7, 11) is 0. The van der Waals surface area contributed by atoms with Crippen LogP contribution < -0.4 is 11.1 Å². The van der Waals surface area contributed by atoms with E-state index in [-0.39, 0.29) is 12.3 Å². The number of hydrogen-bond donors (Lipinski definition) is 2. The third-order valence-corrected chi connectivity index (χ3v) is 3.84. The largest absolute Gasteiger partial charge is 0.389 e. The Labute approximate surface area is 126 Å². The average Bonchev–Trinajstić information content (AvgIpc) is 2.86. The molecule has 0 aliphatic heterocycles. The molecule has 0 radical (unpaired) electrons. The van der Waals surface area contributed by atoms with E-state index in [1.54, 1.807) is 0 Å². The summed E-state index contributed by atoms with van der Waals surface area (Å²) in [6.07, 6.45) is 1.09. The van der Waals surface area contributed by atoms with Crippen molar-refractivity contribution < 1.29 is 4.79 Å². The number of aryl methyl sites for hydroxylation is 1. The van der Waals surface area contributed by atoms with Gasteiger partial charge in [0, 0.05) is 5.56 Å². The molecule has 2 aromatic rings. The number of nitrogens with one attached hydrogen (secondary N) is 1. The Hall–Kier alpha value is -1.86. The molecular weight excluding hydrogens is 292 g/mol. The maximum Gasteiger partial charge on any atom is 0.230 e. The molecule has 0 aliphatic rings. The summed E-state index contributed by atoms with van der Waals surface area (Å²) in [4.78, 5) is 12.2. The smallest absolute Gasteiger partial charge is 0.230 e. The van der Waals surface area contributed by atoms with Crippen molar-refractivity contribution in [2.45, 2.75) is 19.8 Å². The van der Waals surface area contributed by atoms with E-state index in [9.17, 15) is 4.79 Å². The molecule has 104 valence electrons. The van der Waals surface area contributed by atoms with E-state index in [0.717, 1.165) is 22.6 Å². The molecule has 1 aromatic carbocycles. The lowest BCUT2D eigenvalue weighted by molar-refractivity contribution is -0.115. The van der Waals surface area contributed by atoms with Crippen molar-refractivity contribution in [1.82, 2.24) is 10.2 Å². The predicted molar refractivity (Wildman–Crippen MR) is 84.0 cm³/mol. The van der Waals surface area contributed by atoms with E-state index in [2.05, 4.69) is 15.5 Å². The first-order chi connectivity index (χ1) is 9.58. The zero-order valence-electron chi connectivity index (χ0n) is 10.9. The van der Waals surface area contributed by atoms with Gasteiger partial charge in [0.25, 0.3) is 0 Å². The Bertz CT molecular complexity index is 622. The highest BCUT2D eigenvalue weighted by Gasteiger charge is 2.08. The Kier molecular flexibility index (Phi) is 4.75. The van der Waals surface area contributed by atoms with E-state index in [0.29, 0.717) is 10.1 Å². The molecule has 1 aromatic heterocycles. The molecule has 0 saturated carbocycles. The fourth-order valence-corrected chi connectivity index (χ4v) is 2.41. The van der Waals surface area contributed by atoms with Gasteiger partial charge in [0.1, 0.15) is 10.00 Å². The molecule has 1 heterocycles. The van der Waals surface area contributed by atoms with Gasteiger partial charge in [0.15, 0.2) is 0 Å². The average molecular weight is 306 g/mol. The number of aromatic nitrogens is 2. The number of nitrogens with two attached hydrogens (primary N) is 1. The lowest BCUT2D eigenvalue weighted by Crippen LogP contribution is -2.14. The lowest BCUT2D eigenvalue weighted by Gasteiger charge is -2.03. The number of anilines is 1. The summed E-state index contributed by atoms with van der Waals surface area (Å²) in [5.74, 6) is -0.119. The first kappa shape index (κ1) is 14.5. The highest BCUT2D eigenvalue weighted by atomic mass is 32.1. The molecule has 0 saturated heterocycles. The van der Waals surface area contributed by atoms with Gasteiger partial charge in [-0.05, 0) is 12.0 Å². The Morgan fingerprint density at radius 1 is 1.35 bits per heavy atom. The SMILES string of the molecule is CCc1nnc(NC(=O)Cc2ccc(C(N)=S)cc2)s1. The zero-order valence-corrected chi connectivity index (χ0v) is 12.6. The van der Waals surface area contributed by atoms with E-state index in [4.69, 9.17) is 18.0 Å². The quantitative estimate of drug-likeness (QED) is 0.825. The predicted octanol–water partition coefficient (Wildman–Crippen LogP) is 1.92. The molecule has 0 unspecified atom stereocenters. The van der Waals surface area contributed by atoms with Crippen molar-refractivity contribution in [3.63, 3.8) is 0 Å². The summed E-state index contributed by atoms with van der Waals surface area (Å²) in [6.45, 7) is 2.00. The maximum absolute atomic E-state index is 11.9. The van der Waals surface area contributed by atoms with Gasteiger partial charge in [-0.15, -0.1) is 10.2 Å². The second-order valence-corrected chi connectivity index (χ2v) is 5.64. The highest BCUT2D eigenvalue weighted by Crippen LogP contribution is 2.15. The van der Waals surface area contributed by atoms with Crippen LogP contribution in [0.3, 0.4) is 0 Å². The molecule has 0 aliphatic carbocycles. The van der Waals surface area contributed by atoms with Crippen LogP contribution in [0.15, 0.2) is 24.3 Å². The number of benzene rings is 1. The minimum absolute atomic E-state index is 0.119. The van der Waals surface area contributed by atoms with Crippen LogP contribution in [0.1, 0.15) is 23.1 Å². The number of hydrogen-bond acceptors (Lipinski definition) is 5. The summed E-state index contributed by atoms with van der Waals surface area (Å²) in [5, 5.41) is 12.0. The molecule has 2 rings (SSSR count). The van der Waals surface area contributed by atoms with Gasteiger partial charge in [0.2, 0.25) is 11.0 Å². The van der Waals surface area contributed by atoms with Gasteiger partial charge in [0.05, 0.1) is 6.42 Å². The first-order valence-electron chi connectivity index (χ1n) is 6.09. The van der Waals surface area contributed by atoms with Gasteiger partial charge in [-0.1, -0.05) is 54.7 Å². The zero-order chi connectivity index (χ0) is 14.5. The maximum atomic E-state index is 11.9. The minimum atomic E-state index is -0.119. The van der Waals surface area contributed by atoms with Gasteiger partial charge in [-0.3, -0.25) is 4.79 Å². The third-order valence-electron chi connectivity index (χ3n) is 2.62. The Morgan fingerprint density at radius 2 is 2.05 bits per heavy atom. The molecule has 1 amide bonds. The first-order valence-corrected chi connectivity index (χ1v) is 7.32. The van der Waals surface area contributed by atoms with Crippen molar-refractivity contribution in [3.8, 4) is 0 Å². The molecule has 0 atom stereocenters. The van der Waals surface area contributed by atoms with Crippen LogP contribution >= 0.6 is 23.6 Å². The number of rotatable bonds is 5. The van der Waals surface area contributed by atoms with Gasteiger partial charge in [-0.2, -0.15) is 0 Å². The normalized spacial score (nSPS) is 10.2. The van der Waals surface area contributed by atoms with Gasteiger partial charge >= 0.3 is 0 Å². The van der Waals surface area contributed by atoms with Crippen molar-refractivity contribution >= 4 is 39.6 Å².